The van der Waals surface area contributed by atoms with Gasteiger partial charge in [-0.1, -0.05) is 42.5 Å². The number of ether oxygens (including phenoxy) is 2. The molecule has 2 N–H and O–H groups in total. The number of carbonyl (C=O) groups excluding carboxylic acids is 2. The largest absolute Gasteiger partial charge is 0.495 e. The van der Waals surface area contributed by atoms with Crippen LogP contribution in [0.2, 0.25) is 0 Å². The lowest BCUT2D eigenvalue weighted by Crippen LogP contribution is -2.43. The van der Waals surface area contributed by atoms with Gasteiger partial charge in [0.25, 0.3) is 0 Å². The lowest BCUT2D eigenvalue weighted by atomic mass is 10.2. The Morgan fingerprint density at radius 3 is 2.59 bits per heavy atom. The Bertz CT molecular complexity index is 796. The van der Waals surface area contributed by atoms with Crippen LogP contribution in [-0.4, -0.2) is 47.8 Å². The molecule has 0 unspecified atom stereocenters. The number of aliphatic hydroxyl groups is 1. The predicted molar refractivity (Wildman–Crippen MR) is 99.4 cm³/mol. The van der Waals surface area contributed by atoms with E-state index in [0.717, 1.165) is 5.56 Å². The molecule has 27 heavy (non-hydrogen) atoms. The SMILES string of the molecule is COc1ccccc1NC(=O)[C@H]1C[C@@H](O)CN1C(=O)OCc1ccccc1. The number of nitrogens with zero attached hydrogens (tertiary/aromatic N) is 1. The van der Waals surface area contributed by atoms with Crippen LogP contribution in [0.15, 0.2) is 54.6 Å². The molecule has 7 nitrogen and oxygen atoms in total. The molecule has 1 fully saturated rings. The van der Waals surface area contributed by atoms with Gasteiger partial charge in [0.1, 0.15) is 18.4 Å². The van der Waals surface area contributed by atoms with Gasteiger partial charge in [0.05, 0.1) is 25.4 Å². The minimum atomic E-state index is -0.812. The highest BCUT2D eigenvalue weighted by molar-refractivity contribution is 5.98. The Kier molecular flexibility index (Phi) is 5.93. The molecule has 0 aliphatic carbocycles. The van der Waals surface area contributed by atoms with E-state index in [4.69, 9.17) is 9.47 Å². The van der Waals surface area contributed by atoms with Crippen molar-refractivity contribution in [3.05, 3.63) is 60.2 Å². The molecule has 0 radical (unpaired) electrons. The van der Waals surface area contributed by atoms with E-state index in [2.05, 4.69) is 5.32 Å². The van der Waals surface area contributed by atoms with Gasteiger partial charge in [-0.2, -0.15) is 0 Å². The van der Waals surface area contributed by atoms with Crippen LogP contribution in [-0.2, 0) is 16.1 Å². The van der Waals surface area contributed by atoms with Crippen LogP contribution in [0.25, 0.3) is 0 Å². The standard InChI is InChI=1S/C20H22N2O5/c1-26-18-10-6-5-9-16(18)21-19(24)17-11-15(23)12-22(17)20(25)27-13-14-7-3-2-4-8-14/h2-10,15,17,23H,11-13H2,1H3,(H,21,24)/t15-,17-/m1/s1. The van der Waals surface area contributed by atoms with Gasteiger partial charge in [0, 0.05) is 6.42 Å². The monoisotopic (exact) mass is 370 g/mol. The highest BCUT2D eigenvalue weighted by atomic mass is 16.6. The maximum Gasteiger partial charge on any atom is 0.410 e. The van der Waals surface area contributed by atoms with Crippen molar-refractivity contribution in [2.24, 2.45) is 0 Å². The number of hydrogen-bond donors (Lipinski definition) is 2. The second kappa shape index (κ2) is 8.55. The Morgan fingerprint density at radius 2 is 1.85 bits per heavy atom. The summed E-state index contributed by atoms with van der Waals surface area (Å²) in [5, 5.41) is 12.7. The molecule has 142 valence electrons. The van der Waals surface area contributed by atoms with Gasteiger partial charge in [0.2, 0.25) is 5.91 Å². The lowest BCUT2D eigenvalue weighted by Gasteiger charge is -2.23. The summed E-state index contributed by atoms with van der Waals surface area (Å²) in [4.78, 5) is 26.4. The van der Waals surface area contributed by atoms with Crippen molar-refractivity contribution < 1.29 is 24.2 Å². The number of para-hydroxylation sites is 2. The van der Waals surface area contributed by atoms with E-state index in [-0.39, 0.29) is 19.6 Å². The van der Waals surface area contributed by atoms with Crippen molar-refractivity contribution in [1.82, 2.24) is 4.90 Å². The van der Waals surface area contributed by atoms with Gasteiger partial charge in [-0.05, 0) is 17.7 Å². The van der Waals surface area contributed by atoms with E-state index in [0.29, 0.717) is 11.4 Å². The van der Waals surface area contributed by atoms with E-state index in [1.165, 1.54) is 12.0 Å². The first-order valence-electron chi connectivity index (χ1n) is 8.67. The van der Waals surface area contributed by atoms with Crippen LogP contribution in [0.1, 0.15) is 12.0 Å². The van der Waals surface area contributed by atoms with Gasteiger partial charge in [-0.25, -0.2) is 4.79 Å². The highest BCUT2D eigenvalue weighted by Crippen LogP contribution is 2.26. The summed E-state index contributed by atoms with van der Waals surface area (Å²) < 4.78 is 10.5. The number of nitrogens with one attached hydrogen (secondary N) is 1. The maximum atomic E-state index is 12.7. The number of carbonyl (C=O) groups is 2. The third-order valence-corrected chi connectivity index (χ3v) is 4.39. The molecule has 1 heterocycles. The third kappa shape index (κ3) is 4.57. The minimum absolute atomic E-state index is 0.0532. The smallest absolute Gasteiger partial charge is 0.410 e. The lowest BCUT2D eigenvalue weighted by molar-refractivity contribution is -0.120. The summed E-state index contributed by atoms with van der Waals surface area (Å²) in [5.74, 6) is 0.121. The van der Waals surface area contributed by atoms with Crippen molar-refractivity contribution in [3.8, 4) is 5.75 Å². The molecule has 2 aromatic carbocycles. The zero-order valence-electron chi connectivity index (χ0n) is 15.0. The normalized spacial score (nSPS) is 18.8. The highest BCUT2D eigenvalue weighted by Gasteiger charge is 2.40. The molecule has 0 saturated carbocycles. The molecule has 1 aliphatic heterocycles. The minimum Gasteiger partial charge on any atom is -0.495 e. The first-order valence-corrected chi connectivity index (χ1v) is 8.67. The van der Waals surface area contributed by atoms with E-state index in [9.17, 15) is 14.7 Å². The third-order valence-electron chi connectivity index (χ3n) is 4.39. The van der Waals surface area contributed by atoms with E-state index in [1.54, 1.807) is 24.3 Å². The number of hydrogen-bond acceptors (Lipinski definition) is 5. The quantitative estimate of drug-likeness (QED) is 0.844. The molecular weight excluding hydrogens is 348 g/mol. The Hall–Kier alpha value is -3.06. The number of methoxy groups -OCH3 is 1. The Balaban J connectivity index is 1.66. The molecule has 2 aromatic rings. The fourth-order valence-corrected chi connectivity index (χ4v) is 3.03. The summed E-state index contributed by atoms with van der Waals surface area (Å²) in [6, 6.07) is 15.5. The van der Waals surface area contributed by atoms with Crippen LogP contribution in [0.3, 0.4) is 0 Å². The first-order chi connectivity index (χ1) is 13.1. The van der Waals surface area contributed by atoms with Crippen LogP contribution in [0.4, 0.5) is 10.5 Å². The topological polar surface area (TPSA) is 88.1 Å². The number of benzene rings is 2. The molecular formula is C20H22N2O5. The number of β-amino-alcohol motifs (C(OH)–C–C–N with tert-alkyl or cyclic N) is 1. The van der Waals surface area contributed by atoms with E-state index in [1.807, 2.05) is 30.3 Å². The number of likely N-dealkylation sites (tertiary alicyclic amines) is 1. The molecule has 2 atom stereocenters. The van der Waals surface area contributed by atoms with Gasteiger partial charge < -0.3 is 19.9 Å². The zero-order chi connectivity index (χ0) is 19.2. The predicted octanol–water partition coefficient (Wildman–Crippen LogP) is 2.41. The molecule has 2 amide bonds. The molecule has 3 rings (SSSR count). The van der Waals surface area contributed by atoms with Crippen molar-refractivity contribution in [2.75, 3.05) is 19.0 Å². The molecule has 0 bridgehead atoms. The average Bonchev–Trinajstić information content (AvgIpc) is 3.09. The number of aliphatic hydroxyl groups excluding tert-OH is 1. The molecule has 0 aromatic heterocycles. The summed E-state index contributed by atoms with van der Waals surface area (Å²) in [6.07, 6.45) is -1.25. The molecule has 7 heteroatoms. The van der Waals surface area contributed by atoms with Gasteiger partial charge >= 0.3 is 6.09 Å². The van der Waals surface area contributed by atoms with Crippen molar-refractivity contribution >= 4 is 17.7 Å². The summed E-state index contributed by atoms with van der Waals surface area (Å²) >= 11 is 0. The summed E-state index contributed by atoms with van der Waals surface area (Å²) in [6.45, 7) is 0.157. The van der Waals surface area contributed by atoms with Crippen LogP contribution < -0.4 is 10.1 Å². The molecule has 1 saturated heterocycles. The number of amides is 2. The summed E-state index contributed by atoms with van der Waals surface area (Å²) in [5.41, 5.74) is 1.35. The van der Waals surface area contributed by atoms with E-state index < -0.39 is 24.1 Å². The fraction of sp³-hybridized carbons (Fsp3) is 0.300. The number of rotatable bonds is 5. The average molecular weight is 370 g/mol. The van der Waals surface area contributed by atoms with Gasteiger partial charge in [-0.15, -0.1) is 0 Å². The molecule has 1 aliphatic rings. The summed E-state index contributed by atoms with van der Waals surface area (Å²) in [7, 11) is 1.51. The van der Waals surface area contributed by atoms with Crippen LogP contribution in [0, 0.1) is 0 Å². The van der Waals surface area contributed by atoms with Crippen molar-refractivity contribution in [1.29, 1.82) is 0 Å². The van der Waals surface area contributed by atoms with Crippen LogP contribution >= 0.6 is 0 Å². The second-order valence-electron chi connectivity index (χ2n) is 6.29. The Labute approximate surface area is 157 Å². The van der Waals surface area contributed by atoms with E-state index >= 15 is 0 Å². The first kappa shape index (κ1) is 18.7. The van der Waals surface area contributed by atoms with Gasteiger partial charge in [-0.3, -0.25) is 9.69 Å². The maximum absolute atomic E-state index is 12.7. The zero-order valence-corrected chi connectivity index (χ0v) is 15.0. The second-order valence-corrected chi connectivity index (χ2v) is 6.29. The molecule has 0 spiro atoms. The van der Waals surface area contributed by atoms with Crippen LogP contribution in [0.5, 0.6) is 5.75 Å². The van der Waals surface area contributed by atoms with Crippen molar-refractivity contribution in [3.63, 3.8) is 0 Å². The fourth-order valence-electron chi connectivity index (χ4n) is 3.03. The van der Waals surface area contributed by atoms with Gasteiger partial charge in [0.15, 0.2) is 0 Å². The Morgan fingerprint density at radius 1 is 1.15 bits per heavy atom. The van der Waals surface area contributed by atoms with Crippen molar-refractivity contribution in [2.45, 2.75) is 25.2 Å². The number of anilines is 1.